The normalized spacial score (nSPS) is 14.3. The lowest BCUT2D eigenvalue weighted by atomic mass is 10.2. The number of ketones is 1. The smallest absolute Gasteiger partial charge is 0.189 e. The van der Waals surface area contributed by atoms with E-state index in [1.54, 1.807) is 37.3 Å². The van der Waals surface area contributed by atoms with E-state index < -0.39 is 0 Å². The van der Waals surface area contributed by atoms with Gasteiger partial charge >= 0.3 is 0 Å². The molecule has 7 nitrogen and oxygen atoms in total. The summed E-state index contributed by atoms with van der Waals surface area (Å²) in [5.74, 6) is 1.97. The molecule has 1 aliphatic rings. The minimum Gasteiger partial charge on any atom is -0.497 e. The number of para-hydroxylation sites is 1. The number of aryl methyl sites for hydroxylation is 1. The van der Waals surface area contributed by atoms with Gasteiger partial charge in [-0.2, -0.15) is 0 Å². The van der Waals surface area contributed by atoms with E-state index in [4.69, 9.17) is 15.2 Å². The zero-order chi connectivity index (χ0) is 19.1. The van der Waals surface area contributed by atoms with Gasteiger partial charge in [0.05, 0.1) is 37.5 Å². The second-order valence-electron chi connectivity index (χ2n) is 6.36. The van der Waals surface area contributed by atoms with E-state index in [0.29, 0.717) is 34.4 Å². The largest absolute Gasteiger partial charge is 0.497 e. The van der Waals surface area contributed by atoms with Gasteiger partial charge in [-0.05, 0) is 30.7 Å². The zero-order valence-electron chi connectivity index (χ0n) is 15.4. The van der Waals surface area contributed by atoms with Gasteiger partial charge in [0.15, 0.2) is 5.78 Å². The van der Waals surface area contributed by atoms with Crippen molar-refractivity contribution in [1.82, 2.24) is 9.97 Å². The molecular formula is C20H20N4O3. The Hall–Kier alpha value is -3.48. The number of imidazole rings is 1. The van der Waals surface area contributed by atoms with Crippen molar-refractivity contribution in [2.45, 2.75) is 6.92 Å². The zero-order valence-corrected chi connectivity index (χ0v) is 15.4. The van der Waals surface area contributed by atoms with Crippen LogP contribution in [0.15, 0.2) is 42.2 Å². The second-order valence-corrected chi connectivity index (χ2v) is 6.36. The van der Waals surface area contributed by atoms with Crippen LogP contribution < -0.4 is 20.1 Å². The molecular weight excluding hydrogens is 344 g/mol. The lowest BCUT2D eigenvalue weighted by Gasteiger charge is -2.21. The molecule has 1 aliphatic heterocycles. The summed E-state index contributed by atoms with van der Waals surface area (Å²) in [6.07, 6.45) is 0. The fraction of sp³-hybridized carbons (Fsp3) is 0.200. The monoisotopic (exact) mass is 364 g/mol. The molecule has 0 fully saturated rings. The number of Topliss-reactive ketones (excluding diaryl/α,β-unsaturated/α-hetero) is 1. The SMILES string of the molecule is COc1ccc(OC)c(N2CC(=O)C(c3nc4c(C)cccc4[nH]3)=C2N)c1. The summed E-state index contributed by atoms with van der Waals surface area (Å²) in [6.45, 7) is 2.09. The topological polar surface area (TPSA) is 93.5 Å². The van der Waals surface area contributed by atoms with Gasteiger partial charge in [0.25, 0.3) is 0 Å². The van der Waals surface area contributed by atoms with Gasteiger partial charge in [-0.25, -0.2) is 4.98 Å². The van der Waals surface area contributed by atoms with E-state index >= 15 is 0 Å². The highest BCUT2D eigenvalue weighted by molar-refractivity contribution is 6.26. The van der Waals surface area contributed by atoms with E-state index in [1.807, 2.05) is 25.1 Å². The molecule has 0 radical (unpaired) electrons. The first kappa shape index (κ1) is 17.0. The maximum Gasteiger partial charge on any atom is 0.189 e. The number of fused-ring (bicyclic) bond motifs is 1. The predicted octanol–water partition coefficient (Wildman–Crippen LogP) is 2.61. The third kappa shape index (κ3) is 2.68. The third-order valence-electron chi connectivity index (χ3n) is 4.76. The number of hydrogen-bond acceptors (Lipinski definition) is 6. The highest BCUT2D eigenvalue weighted by atomic mass is 16.5. The summed E-state index contributed by atoms with van der Waals surface area (Å²) in [6, 6.07) is 11.2. The van der Waals surface area contributed by atoms with Gasteiger partial charge in [-0.1, -0.05) is 12.1 Å². The van der Waals surface area contributed by atoms with Crippen molar-refractivity contribution in [2.75, 3.05) is 25.7 Å². The van der Waals surface area contributed by atoms with Crippen LogP contribution in [0.5, 0.6) is 11.5 Å². The molecule has 1 aromatic heterocycles. The van der Waals surface area contributed by atoms with Crippen molar-refractivity contribution in [3.05, 3.63) is 53.6 Å². The minimum absolute atomic E-state index is 0.103. The number of nitrogens with one attached hydrogen (secondary N) is 1. The highest BCUT2D eigenvalue weighted by Crippen LogP contribution is 2.38. The maximum atomic E-state index is 12.8. The summed E-state index contributed by atoms with van der Waals surface area (Å²) in [5, 5.41) is 0. The average molecular weight is 364 g/mol. The van der Waals surface area contributed by atoms with Crippen LogP contribution in [0.4, 0.5) is 5.69 Å². The number of carbonyl (C=O) groups is 1. The predicted molar refractivity (Wildman–Crippen MR) is 104 cm³/mol. The van der Waals surface area contributed by atoms with Crippen LogP contribution in [0.1, 0.15) is 11.4 Å². The van der Waals surface area contributed by atoms with Crippen LogP contribution in [0.3, 0.4) is 0 Å². The van der Waals surface area contributed by atoms with Crippen LogP contribution in [0.25, 0.3) is 16.6 Å². The number of aromatic amines is 1. The molecule has 0 saturated carbocycles. The molecule has 0 unspecified atom stereocenters. The van der Waals surface area contributed by atoms with Gasteiger partial charge in [0.2, 0.25) is 0 Å². The lowest BCUT2D eigenvalue weighted by molar-refractivity contribution is -0.112. The number of benzene rings is 2. The molecule has 0 amide bonds. The van der Waals surface area contributed by atoms with Crippen molar-refractivity contribution >= 4 is 28.1 Å². The van der Waals surface area contributed by atoms with E-state index in [-0.39, 0.29) is 12.3 Å². The summed E-state index contributed by atoms with van der Waals surface area (Å²) >= 11 is 0. The molecule has 2 heterocycles. The van der Waals surface area contributed by atoms with Crippen molar-refractivity contribution in [3.8, 4) is 11.5 Å². The number of rotatable bonds is 4. The van der Waals surface area contributed by atoms with Gasteiger partial charge in [0, 0.05) is 6.07 Å². The number of nitrogens with two attached hydrogens (primary N) is 1. The second kappa shape index (κ2) is 6.35. The molecule has 4 rings (SSSR count). The van der Waals surface area contributed by atoms with E-state index in [2.05, 4.69) is 9.97 Å². The van der Waals surface area contributed by atoms with E-state index in [1.165, 1.54) is 0 Å². The van der Waals surface area contributed by atoms with Gasteiger partial charge in [-0.3, -0.25) is 4.79 Å². The summed E-state index contributed by atoms with van der Waals surface area (Å²) in [5.41, 5.74) is 10.2. The number of H-pyrrole nitrogens is 1. The number of anilines is 1. The minimum atomic E-state index is -0.103. The quantitative estimate of drug-likeness (QED) is 0.739. The van der Waals surface area contributed by atoms with Gasteiger partial charge in [-0.15, -0.1) is 0 Å². The lowest BCUT2D eigenvalue weighted by Crippen LogP contribution is -2.25. The molecule has 0 spiro atoms. The Morgan fingerprint density at radius 2 is 2.00 bits per heavy atom. The molecule has 7 heteroatoms. The summed E-state index contributed by atoms with van der Waals surface area (Å²) in [7, 11) is 3.16. The van der Waals surface area contributed by atoms with Crippen molar-refractivity contribution in [2.24, 2.45) is 5.73 Å². The number of methoxy groups -OCH3 is 2. The standard InChI is InChI=1S/C20H20N4O3/c1-11-5-4-6-13-18(11)23-20(22-13)17-15(25)10-24(19(17)21)14-9-12(26-2)7-8-16(14)27-3/h4-9H,10,21H2,1-3H3,(H,22,23). The van der Waals surface area contributed by atoms with Crippen LogP contribution in [-0.4, -0.2) is 36.5 Å². The molecule has 0 saturated heterocycles. The van der Waals surface area contributed by atoms with Crippen molar-refractivity contribution < 1.29 is 14.3 Å². The number of aromatic nitrogens is 2. The number of nitrogens with zero attached hydrogens (tertiary/aromatic N) is 2. The van der Waals surface area contributed by atoms with Crippen LogP contribution in [0, 0.1) is 6.92 Å². The van der Waals surface area contributed by atoms with Gasteiger partial charge < -0.3 is 25.1 Å². The molecule has 3 aromatic rings. The van der Waals surface area contributed by atoms with Gasteiger partial charge in [0.1, 0.15) is 28.7 Å². The fourth-order valence-corrected chi connectivity index (χ4v) is 3.36. The molecule has 138 valence electrons. The number of hydrogen-bond donors (Lipinski definition) is 2. The Kier molecular flexibility index (Phi) is 3.99. The Morgan fingerprint density at radius 3 is 2.70 bits per heavy atom. The van der Waals surface area contributed by atoms with Crippen molar-refractivity contribution in [3.63, 3.8) is 0 Å². The number of ether oxygens (including phenoxy) is 2. The Labute approximate surface area is 156 Å². The maximum absolute atomic E-state index is 12.8. The Morgan fingerprint density at radius 1 is 1.19 bits per heavy atom. The average Bonchev–Trinajstić information content (AvgIpc) is 3.22. The summed E-state index contributed by atoms with van der Waals surface area (Å²) < 4.78 is 10.7. The molecule has 2 aromatic carbocycles. The molecule has 3 N–H and O–H groups in total. The van der Waals surface area contributed by atoms with Crippen LogP contribution in [0.2, 0.25) is 0 Å². The first-order valence-corrected chi connectivity index (χ1v) is 8.51. The number of carbonyl (C=O) groups excluding carboxylic acids is 1. The van der Waals surface area contributed by atoms with Crippen LogP contribution >= 0.6 is 0 Å². The molecule has 27 heavy (non-hydrogen) atoms. The Bertz CT molecular complexity index is 1080. The van der Waals surface area contributed by atoms with E-state index in [9.17, 15) is 4.79 Å². The first-order chi connectivity index (χ1) is 13.0. The third-order valence-corrected chi connectivity index (χ3v) is 4.76. The molecule has 0 bridgehead atoms. The summed E-state index contributed by atoms with van der Waals surface area (Å²) in [4.78, 5) is 22.3. The van der Waals surface area contributed by atoms with E-state index in [0.717, 1.165) is 16.6 Å². The fourth-order valence-electron chi connectivity index (χ4n) is 3.36. The first-order valence-electron chi connectivity index (χ1n) is 8.51. The molecule has 0 aliphatic carbocycles. The van der Waals surface area contributed by atoms with Crippen LogP contribution in [-0.2, 0) is 4.79 Å². The van der Waals surface area contributed by atoms with Crippen molar-refractivity contribution in [1.29, 1.82) is 0 Å². The molecule has 0 atom stereocenters. The Balaban J connectivity index is 1.83. The highest BCUT2D eigenvalue weighted by Gasteiger charge is 2.33.